The van der Waals surface area contributed by atoms with Gasteiger partial charge in [-0.1, -0.05) is 6.07 Å². The van der Waals surface area contributed by atoms with Crippen molar-refractivity contribution in [2.75, 3.05) is 7.05 Å². The summed E-state index contributed by atoms with van der Waals surface area (Å²) in [6.45, 7) is 3.71. The van der Waals surface area contributed by atoms with Crippen LogP contribution in [0, 0.1) is 12.9 Å². The molecule has 0 aliphatic carbocycles. The highest BCUT2D eigenvalue weighted by atomic mass is 19.1. The molecule has 5 nitrogen and oxygen atoms in total. The lowest BCUT2D eigenvalue weighted by Crippen LogP contribution is -2.30. The first kappa shape index (κ1) is 15.1. The highest BCUT2D eigenvalue weighted by molar-refractivity contribution is 5.93. The van der Waals surface area contributed by atoms with Crippen LogP contribution in [0.5, 0.6) is 0 Å². The summed E-state index contributed by atoms with van der Waals surface area (Å²) in [6.07, 6.45) is 4.89. The van der Waals surface area contributed by atoms with Crippen LogP contribution in [0.4, 0.5) is 4.39 Å². The van der Waals surface area contributed by atoms with Crippen LogP contribution in [0.2, 0.25) is 0 Å². The Bertz CT molecular complexity index is 860. The fourth-order valence-corrected chi connectivity index (χ4v) is 2.52. The summed E-state index contributed by atoms with van der Waals surface area (Å²) >= 11 is 0. The molecule has 6 heteroatoms. The monoisotopic (exact) mass is 312 g/mol. The number of amides is 1. The molecule has 0 aliphatic rings. The van der Waals surface area contributed by atoms with E-state index in [0.717, 1.165) is 11.1 Å². The molecule has 0 fully saturated rings. The highest BCUT2D eigenvalue weighted by Gasteiger charge is 2.26. The number of fused-ring (bicyclic) bond motifs is 1. The summed E-state index contributed by atoms with van der Waals surface area (Å²) in [5, 5.41) is 0. The Hall–Kier alpha value is -2.76. The van der Waals surface area contributed by atoms with Gasteiger partial charge in [0.25, 0.3) is 5.91 Å². The Morgan fingerprint density at radius 1 is 1.30 bits per heavy atom. The maximum absolute atomic E-state index is 14.5. The van der Waals surface area contributed by atoms with Crippen molar-refractivity contribution in [2.45, 2.75) is 19.9 Å². The van der Waals surface area contributed by atoms with Crippen LogP contribution < -0.4 is 0 Å². The van der Waals surface area contributed by atoms with Gasteiger partial charge in [-0.15, -0.1) is 0 Å². The Balaban J connectivity index is 1.97. The SMILES string of the molecule is Cc1cccn2c(F)c(C(=O)N(C)[C@H](C)c3ccncc3)nc12. The first-order chi connectivity index (χ1) is 11.0. The van der Waals surface area contributed by atoms with E-state index in [-0.39, 0.29) is 11.7 Å². The summed E-state index contributed by atoms with van der Waals surface area (Å²) < 4.78 is 15.8. The predicted molar refractivity (Wildman–Crippen MR) is 84.6 cm³/mol. The van der Waals surface area contributed by atoms with Crippen molar-refractivity contribution in [3.63, 3.8) is 0 Å². The van der Waals surface area contributed by atoms with E-state index in [4.69, 9.17) is 0 Å². The molecule has 0 unspecified atom stereocenters. The predicted octanol–water partition coefficient (Wildman–Crippen LogP) is 3.01. The van der Waals surface area contributed by atoms with E-state index < -0.39 is 11.9 Å². The second-order valence-electron chi connectivity index (χ2n) is 5.51. The summed E-state index contributed by atoms with van der Waals surface area (Å²) in [7, 11) is 1.64. The van der Waals surface area contributed by atoms with Crippen molar-refractivity contribution in [1.29, 1.82) is 0 Å². The van der Waals surface area contributed by atoms with E-state index in [0.29, 0.717) is 5.65 Å². The van der Waals surface area contributed by atoms with Crippen LogP contribution in [0.25, 0.3) is 5.65 Å². The molecule has 0 aliphatic heterocycles. The molecule has 1 amide bonds. The third-order valence-corrected chi connectivity index (χ3v) is 4.08. The second-order valence-corrected chi connectivity index (χ2v) is 5.51. The molecule has 3 rings (SSSR count). The molecule has 0 bridgehead atoms. The minimum Gasteiger partial charge on any atom is -0.333 e. The molecule has 3 aromatic heterocycles. The molecular weight excluding hydrogens is 295 g/mol. The number of carbonyl (C=O) groups excluding carboxylic acids is 1. The lowest BCUT2D eigenvalue weighted by atomic mass is 10.1. The molecular formula is C17H17FN4O. The van der Waals surface area contributed by atoms with Crippen LogP contribution in [-0.2, 0) is 0 Å². The van der Waals surface area contributed by atoms with Gasteiger partial charge in [-0.2, -0.15) is 4.39 Å². The van der Waals surface area contributed by atoms with Gasteiger partial charge in [0.15, 0.2) is 5.69 Å². The first-order valence-corrected chi connectivity index (χ1v) is 7.31. The number of hydrogen-bond acceptors (Lipinski definition) is 3. The van der Waals surface area contributed by atoms with Crippen molar-refractivity contribution in [3.05, 3.63) is 65.6 Å². The molecule has 118 valence electrons. The molecule has 3 aromatic rings. The van der Waals surface area contributed by atoms with Gasteiger partial charge < -0.3 is 4.90 Å². The van der Waals surface area contributed by atoms with Crippen molar-refractivity contribution in [2.24, 2.45) is 0 Å². The van der Waals surface area contributed by atoms with Crippen LogP contribution in [0.15, 0.2) is 42.9 Å². The van der Waals surface area contributed by atoms with E-state index in [2.05, 4.69) is 9.97 Å². The van der Waals surface area contributed by atoms with Gasteiger partial charge in [0.2, 0.25) is 5.95 Å². The van der Waals surface area contributed by atoms with Crippen molar-refractivity contribution >= 4 is 11.6 Å². The lowest BCUT2D eigenvalue weighted by Gasteiger charge is -2.24. The van der Waals surface area contributed by atoms with Gasteiger partial charge in [0.05, 0.1) is 6.04 Å². The quantitative estimate of drug-likeness (QED) is 0.747. The number of rotatable bonds is 3. The molecule has 0 radical (unpaired) electrons. The molecule has 0 saturated carbocycles. The summed E-state index contributed by atoms with van der Waals surface area (Å²) in [5.74, 6) is -1.09. The molecule has 1 atom stereocenters. The van der Waals surface area contributed by atoms with Crippen LogP contribution in [-0.4, -0.2) is 32.2 Å². The Kier molecular flexibility index (Phi) is 3.82. The fraction of sp³-hybridized carbons (Fsp3) is 0.235. The number of hydrogen-bond donors (Lipinski definition) is 0. The van der Waals surface area contributed by atoms with Gasteiger partial charge in [-0.25, -0.2) is 4.98 Å². The molecule has 0 spiro atoms. The minimum atomic E-state index is -0.637. The van der Waals surface area contributed by atoms with Gasteiger partial charge in [-0.05, 0) is 43.2 Å². The third kappa shape index (κ3) is 2.56. The van der Waals surface area contributed by atoms with Crippen molar-refractivity contribution < 1.29 is 9.18 Å². The normalized spacial score (nSPS) is 12.3. The fourth-order valence-electron chi connectivity index (χ4n) is 2.52. The largest absolute Gasteiger partial charge is 0.333 e. The average Bonchev–Trinajstić information content (AvgIpc) is 2.92. The van der Waals surface area contributed by atoms with E-state index in [1.54, 1.807) is 31.7 Å². The molecule has 0 N–H and O–H groups in total. The highest BCUT2D eigenvalue weighted by Crippen LogP contribution is 2.22. The number of aromatic nitrogens is 3. The van der Waals surface area contributed by atoms with Crippen LogP contribution in [0.1, 0.15) is 34.6 Å². The maximum atomic E-state index is 14.5. The Labute approximate surface area is 133 Å². The van der Waals surface area contributed by atoms with E-state index in [1.807, 2.05) is 32.0 Å². The minimum absolute atomic E-state index is 0.164. The van der Waals surface area contributed by atoms with E-state index in [9.17, 15) is 9.18 Å². The summed E-state index contributed by atoms with van der Waals surface area (Å²) in [4.78, 5) is 22.3. The second kappa shape index (κ2) is 5.79. The number of halogens is 1. The molecule has 0 saturated heterocycles. The summed E-state index contributed by atoms with van der Waals surface area (Å²) in [6, 6.07) is 7.01. The van der Waals surface area contributed by atoms with Crippen molar-refractivity contribution in [3.8, 4) is 0 Å². The van der Waals surface area contributed by atoms with Crippen molar-refractivity contribution in [1.82, 2.24) is 19.3 Å². The Morgan fingerprint density at radius 2 is 2.00 bits per heavy atom. The van der Waals surface area contributed by atoms with E-state index >= 15 is 0 Å². The van der Waals surface area contributed by atoms with Gasteiger partial charge >= 0.3 is 0 Å². The van der Waals surface area contributed by atoms with Gasteiger partial charge in [0.1, 0.15) is 5.65 Å². The zero-order chi connectivity index (χ0) is 16.6. The van der Waals surface area contributed by atoms with Gasteiger partial charge in [0, 0.05) is 25.6 Å². The first-order valence-electron chi connectivity index (χ1n) is 7.31. The average molecular weight is 312 g/mol. The van der Waals surface area contributed by atoms with Crippen LogP contribution in [0.3, 0.4) is 0 Å². The standard InChI is InChI=1S/C17H17FN4O/c1-11-5-4-10-22-15(18)14(20-16(11)22)17(23)21(3)12(2)13-6-8-19-9-7-13/h4-10,12H,1-3H3/t12-/m1/s1. The van der Waals surface area contributed by atoms with Gasteiger partial charge in [-0.3, -0.25) is 14.2 Å². The van der Waals surface area contributed by atoms with E-state index in [1.165, 1.54) is 9.30 Å². The maximum Gasteiger partial charge on any atom is 0.277 e. The molecule has 0 aromatic carbocycles. The lowest BCUT2D eigenvalue weighted by molar-refractivity contribution is 0.0732. The number of pyridine rings is 2. The zero-order valence-corrected chi connectivity index (χ0v) is 13.2. The molecule has 23 heavy (non-hydrogen) atoms. The number of carbonyl (C=O) groups is 1. The molecule has 3 heterocycles. The smallest absolute Gasteiger partial charge is 0.277 e. The third-order valence-electron chi connectivity index (χ3n) is 4.08. The topological polar surface area (TPSA) is 50.5 Å². The zero-order valence-electron chi connectivity index (χ0n) is 13.2. The number of aryl methyl sites for hydroxylation is 1. The Morgan fingerprint density at radius 3 is 2.65 bits per heavy atom. The van der Waals surface area contributed by atoms with Crippen LogP contribution >= 0.6 is 0 Å². The summed E-state index contributed by atoms with van der Waals surface area (Å²) in [5.41, 5.74) is 2.03. The number of nitrogens with zero attached hydrogens (tertiary/aromatic N) is 4. The number of imidazole rings is 1.